The van der Waals surface area contributed by atoms with E-state index in [2.05, 4.69) is 49.6 Å². The molecular formula is C16H25ClN2OS. The van der Waals surface area contributed by atoms with Crippen LogP contribution in [0.3, 0.4) is 0 Å². The van der Waals surface area contributed by atoms with Crippen LogP contribution in [0.25, 0.3) is 0 Å². The van der Waals surface area contributed by atoms with Gasteiger partial charge in [0.25, 0.3) is 0 Å². The van der Waals surface area contributed by atoms with Gasteiger partial charge in [-0.05, 0) is 24.0 Å². The van der Waals surface area contributed by atoms with E-state index in [0.717, 1.165) is 29.3 Å². The van der Waals surface area contributed by atoms with Crippen LogP contribution in [0.4, 0.5) is 5.69 Å². The molecule has 1 fully saturated rings. The lowest BCUT2D eigenvalue weighted by Crippen LogP contribution is -2.40. The molecule has 0 radical (unpaired) electrons. The van der Waals surface area contributed by atoms with Gasteiger partial charge in [-0.3, -0.25) is 4.79 Å². The highest BCUT2D eigenvalue weighted by atomic mass is 35.5. The van der Waals surface area contributed by atoms with Gasteiger partial charge in [0, 0.05) is 36.2 Å². The third-order valence-corrected chi connectivity index (χ3v) is 4.75. The molecule has 0 aromatic heterocycles. The molecule has 1 aliphatic heterocycles. The average molecular weight is 329 g/mol. The monoisotopic (exact) mass is 328 g/mol. The fourth-order valence-corrected chi connectivity index (χ4v) is 3.46. The van der Waals surface area contributed by atoms with Gasteiger partial charge in [0.2, 0.25) is 5.91 Å². The van der Waals surface area contributed by atoms with Crippen LogP contribution < -0.4 is 10.6 Å². The molecule has 0 spiro atoms. The van der Waals surface area contributed by atoms with E-state index in [0.29, 0.717) is 18.4 Å². The largest absolute Gasteiger partial charge is 0.326 e. The van der Waals surface area contributed by atoms with Gasteiger partial charge in [-0.15, -0.1) is 12.4 Å². The zero-order valence-corrected chi connectivity index (χ0v) is 14.6. The quantitative estimate of drug-likeness (QED) is 0.887. The topological polar surface area (TPSA) is 41.1 Å². The second kappa shape index (κ2) is 8.66. The predicted molar refractivity (Wildman–Crippen MR) is 94.9 cm³/mol. The lowest BCUT2D eigenvalue weighted by atomic mass is 9.98. The number of carbonyl (C=O) groups is 1. The highest BCUT2D eigenvalue weighted by molar-refractivity contribution is 7.99. The summed E-state index contributed by atoms with van der Waals surface area (Å²) < 4.78 is 0. The van der Waals surface area contributed by atoms with E-state index >= 15 is 0 Å². The van der Waals surface area contributed by atoms with Gasteiger partial charge in [-0.25, -0.2) is 0 Å². The number of aryl methyl sites for hydroxylation is 1. The number of rotatable bonds is 4. The van der Waals surface area contributed by atoms with Crippen LogP contribution in [-0.4, -0.2) is 30.0 Å². The first-order chi connectivity index (χ1) is 9.58. The molecule has 3 nitrogen and oxygen atoms in total. The third kappa shape index (κ3) is 5.20. The maximum Gasteiger partial charge on any atom is 0.225 e. The summed E-state index contributed by atoms with van der Waals surface area (Å²) in [4.78, 5) is 12.2. The molecule has 1 aliphatic rings. The molecule has 118 valence electrons. The Balaban J connectivity index is 0.00000220. The minimum Gasteiger partial charge on any atom is -0.326 e. The van der Waals surface area contributed by atoms with Crippen LogP contribution in [0.5, 0.6) is 0 Å². The molecule has 1 aromatic rings. The Hall–Kier alpha value is -0.710. The standard InChI is InChI=1S/C16H24N2OS.ClH/c1-11(2)14-6-4-5-12(3)16(14)18-15(19)9-13-10-20-8-7-17-13;/h4-6,11,13,17H,7-10H2,1-3H3,(H,18,19);1H. The Morgan fingerprint density at radius 1 is 1.48 bits per heavy atom. The zero-order valence-electron chi connectivity index (χ0n) is 12.9. The molecule has 1 atom stereocenters. The summed E-state index contributed by atoms with van der Waals surface area (Å²) in [6.07, 6.45) is 0.554. The van der Waals surface area contributed by atoms with E-state index in [-0.39, 0.29) is 18.3 Å². The van der Waals surface area contributed by atoms with Gasteiger partial charge < -0.3 is 10.6 Å². The number of hydrogen-bond donors (Lipinski definition) is 2. The summed E-state index contributed by atoms with van der Waals surface area (Å²) >= 11 is 1.92. The van der Waals surface area contributed by atoms with Crippen molar-refractivity contribution in [3.63, 3.8) is 0 Å². The number of carbonyl (C=O) groups excluding carboxylic acids is 1. The van der Waals surface area contributed by atoms with Crippen LogP contribution in [0.2, 0.25) is 0 Å². The number of thioether (sulfide) groups is 1. The van der Waals surface area contributed by atoms with E-state index in [1.807, 2.05) is 11.8 Å². The SMILES string of the molecule is Cc1cccc(C(C)C)c1NC(=O)CC1CSCCN1.Cl. The normalized spacial score (nSPS) is 18.2. The second-order valence-electron chi connectivity index (χ2n) is 5.67. The fraction of sp³-hybridized carbons (Fsp3) is 0.562. The Labute approximate surface area is 138 Å². The number of benzene rings is 1. The first kappa shape index (κ1) is 18.3. The fourth-order valence-electron chi connectivity index (χ4n) is 2.51. The highest BCUT2D eigenvalue weighted by Crippen LogP contribution is 2.27. The van der Waals surface area contributed by atoms with Gasteiger partial charge in [-0.1, -0.05) is 32.0 Å². The summed E-state index contributed by atoms with van der Waals surface area (Å²) in [6, 6.07) is 6.51. The smallest absolute Gasteiger partial charge is 0.225 e. The molecule has 0 bridgehead atoms. The number of anilines is 1. The third-order valence-electron chi connectivity index (χ3n) is 3.62. The summed E-state index contributed by atoms with van der Waals surface area (Å²) in [6.45, 7) is 7.37. The van der Waals surface area contributed by atoms with E-state index in [9.17, 15) is 4.79 Å². The van der Waals surface area contributed by atoms with Gasteiger partial charge in [-0.2, -0.15) is 11.8 Å². The van der Waals surface area contributed by atoms with Crippen molar-refractivity contribution >= 4 is 35.8 Å². The molecule has 1 unspecified atom stereocenters. The van der Waals surface area contributed by atoms with Crippen LogP contribution >= 0.6 is 24.2 Å². The summed E-state index contributed by atoms with van der Waals surface area (Å²) in [7, 11) is 0. The zero-order chi connectivity index (χ0) is 14.5. The molecule has 21 heavy (non-hydrogen) atoms. The number of nitrogens with one attached hydrogen (secondary N) is 2. The van der Waals surface area contributed by atoms with Crippen molar-refractivity contribution in [1.29, 1.82) is 0 Å². The molecule has 1 amide bonds. The predicted octanol–water partition coefficient (Wildman–Crippen LogP) is 3.57. The Morgan fingerprint density at radius 2 is 2.24 bits per heavy atom. The Kier molecular flexibility index (Phi) is 7.57. The molecule has 0 aliphatic carbocycles. The Bertz CT molecular complexity index is 473. The molecule has 0 saturated carbocycles. The molecule has 2 N–H and O–H groups in total. The van der Waals surface area contributed by atoms with Crippen molar-refractivity contribution in [1.82, 2.24) is 5.32 Å². The van der Waals surface area contributed by atoms with Crippen molar-refractivity contribution in [2.24, 2.45) is 0 Å². The second-order valence-corrected chi connectivity index (χ2v) is 6.82. The number of halogens is 1. The van der Waals surface area contributed by atoms with Crippen molar-refractivity contribution in [3.8, 4) is 0 Å². The lowest BCUT2D eigenvalue weighted by molar-refractivity contribution is -0.116. The van der Waals surface area contributed by atoms with Crippen LogP contribution in [-0.2, 0) is 4.79 Å². The van der Waals surface area contributed by atoms with E-state index in [1.54, 1.807) is 0 Å². The summed E-state index contributed by atoms with van der Waals surface area (Å²) in [5.41, 5.74) is 3.34. The molecule has 5 heteroatoms. The molecule has 1 aromatic carbocycles. The van der Waals surface area contributed by atoms with Crippen LogP contribution in [0.1, 0.15) is 37.3 Å². The van der Waals surface area contributed by atoms with E-state index in [4.69, 9.17) is 0 Å². The first-order valence-electron chi connectivity index (χ1n) is 7.28. The summed E-state index contributed by atoms with van der Waals surface area (Å²) in [5, 5.41) is 6.53. The van der Waals surface area contributed by atoms with Crippen LogP contribution in [0, 0.1) is 6.92 Å². The number of para-hydroxylation sites is 1. The van der Waals surface area contributed by atoms with Gasteiger partial charge in [0.1, 0.15) is 0 Å². The van der Waals surface area contributed by atoms with E-state index < -0.39 is 0 Å². The molecule has 1 saturated heterocycles. The van der Waals surface area contributed by atoms with E-state index in [1.165, 1.54) is 5.56 Å². The summed E-state index contributed by atoms with van der Waals surface area (Å²) in [5.74, 6) is 2.70. The number of hydrogen-bond acceptors (Lipinski definition) is 3. The molecular weight excluding hydrogens is 304 g/mol. The van der Waals surface area contributed by atoms with Gasteiger partial charge in [0.05, 0.1) is 0 Å². The van der Waals surface area contributed by atoms with Gasteiger partial charge >= 0.3 is 0 Å². The lowest BCUT2D eigenvalue weighted by Gasteiger charge is -2.23. The molecule has 2 rings (SSSR count). The average Bonchev–Trinajstić information content (AvgIpc) is 2.42. The van der Waals surface area contributed by atoms with Crippen molar-refractivity contribution in [2.45, 2.75) is 39.2 Å². The first-order valence-corrected chi connectivity index (χ1v) is 8.44. The van der Waals surface area contributed by atoms with Crippen molar-refractivity contribution in [3.05, 3.63) is 29.3 Å². The maximum absolute atomic E-state index is 12.2. The minimum absolute atomic E-state index is 0. The maximum atomic E-state index is 12.2. The van der Waals surface area contributed by atoms with Crippen LogP contribution in [0.15, 0.2) is 18.2 Å². The Morgan fingerprint density at radius 3 is 2.86 bits per heavy atom. The number of amides is 1. The molecule has 1 heterocycles. The van der Waals surface area contributed by atoms with Crippen molar-refractivity contribution < 1.29 is 4.79 Å². The van der Waals surface area contributed by atoms with Gasteiger partial charge in [0.15, 0.2) is 0 Å². The van der Waals surface area contributed by atoms with Crippen molar-refractivity contribution in [2.75, 3.05) is 23.4 Å². The minimum atomic E-state index is 0. The highest BCUT2D eigenvalue weighted by Gasteiger charge is 2.18.